The molecule has 158 valence electrons. The Balaban J connectivity index is 1.68. The van der Waals surface area contributed by atoms with Crippen LogP contribution in [0.3, 0.4) is 0 Å². The van der Waals surface area contributed by atoms with E-state index >= 15 is 0 Å². The Morgan fingerprint density at radius 1 is 0.655 bits per heavy atom. The van der Waals surface area contributed by atoms with Crippen molar-refractivity contribution in [2.24, 2.45) is 5.41 Å². The van der Waals surface area contributed by atoms with Gasteiger partial charge in [-0.15, -0.1) is 0 Å². The summed E-state index contributed by atoms with van der Waals surface area (Å²) in [5, 5.41) is 4.14. The quantitative estimate of drug-likeness (QED) is 0.518. The van der Waals surface area contributed by atoms with Crippen LogP contribution in [0.1, 0.15) is 84.5 Å². The highest BCUT2D eigenvalue weighted by atomic mass is 15.1. The first-order valence-corrected chi connectivity index (χ1v) is 12.0. The molecule has 0 aromatic heterocycles. The molecule has 0 radical (unpaired) electrons. The SMILES string of the molecule is CC1(NC2CCCCCCCCCC2)CC1(C)C1=C/C=C\C=C/C=C\C=C/C=C\1. The van der Waals surface area contributed by atoms with E-state index in [1.54, 1.807) is 0 Å². The van der Waals surface area contributed by atoms with Crippen LogP contribution in [0.5, 0.6) is 0 Å². The molecular weight excluding hydrogens is 350 g/mol. The van der Waals surface area contributed by atoms with E-state index in [0.29, 0.717) is 6.04 Å². The van der Waals surface area contributed by atoms with Gasteiger partial charge in [-0.2, -0.15) is 0 Å². The van der Waals surface area contributed by atoms with Crippen molar-refractivity contribution in [3.63, 3.8) is 0 Å². The van der Waals surface area contributed by atoms with Gasteiger partial charge in [-0.05, 0) is 31.8 Å². The fraction of sp³-hybridized carbons (Fsp3) is 0.571. The summed E-state index contributed by atoms with van der Waals surface area (Å²) in [7, 11) is 0. The smallest absolute Gasteiger partial charge is 0.0259 e. The van der Waals surface area contributed by atoms with Gasteiger partial charge in [0.05, 0.1) is 0 Å². The lowest BCUT2D eigenvalue weighted by Crippen LogP contribution is -2.42. The second-order valence-corrected chi connectivity index (χ2v) is 9.61. The van der Waals surface area contributed by atoms with Gasteiger partial charge < -0.3 is 5.32 Å². The molecule has 2 atom stereocenters. The van der Waals surface area contributed by atoms with Gasteiger partial charge in [-0.3, -0.25) is 0 Å². The molecule has 0 aromatic rings. The maximum atomic E-state index is 4.14. The largest absolute Gasteiger partial charge is 0.308 e. The molecule has 0 bridgehead atoms. The van der Waals surface area contributed by atoms with E-state index in [9.17, 15) is 0 Å². The molecule has 0 aliphatic heterocycles. The van der Waals surface area contributed by atoms with Crippen molar-refractivity contribution in [1.82, 2.24) is 5.32 Å². The van der Waals surface area contributed by atoms with Crippen LogP contribution in [0, 0.1) is 5.41 Å². The third kappa shape index (κ3) is 6.44. The minimum absolute atomic E-state index is 0.206. The van der Waals surface area contributed by atoms with E-state index in [1.807, 2.05) is 0 Å². The van der Waals surface area contributed by atoms with Gasteiger partial charge in [0.2, 0.25) is 0 Å². The van der Waals surface area contributed by atoms with Gasteiger partial charge in [-0.1, -0.05) is 125 Å². The first kappa shape index (κ1) is 22.1. The molecular formula is C28H41N. The monoisotopic (exact) mass is 391 g/mol. The van der Waals surface area contributed by atoms with Crippen molar-refractivity contribution in [3.05, 3.63) is 72.4 Å². The standard InChI is InChI=1S/C28H41N/c1-27(25-20-16-12-8-4-3-5-9-13-17-21-25)24-28(27,2)29-26-22-18-14-10-6-7-11-15-19-23-26/h3-5,8-9,12-13,16-17,20-21,26,29H,6-7,10-11,14-15,18-19,22-24H2,1-2H3/b4-3-,5-3?,8-4?,9-5-,12-8-,13-9?,16-12?,17-13-,20-16-,21-17?,25-20?,25-21+. The summed E-state index contributed by atoms with van der Waals surface area (Å²) in [6, 6.07) is 0.680. The summed E-state index contributed by atoms with van der Waals surface area (Å²) in [6.07, 6.45) is 38.9. The predicted molar refractivity (Wildman–Crippen MR) is 128 cm³/mol. The van der Waals surface area contributed by atoms with Crippen LogP contribution in [0.4, 0.5) is 0 Å². The first-order valence-electron chi connectivity index (χ1n) is 12.0. The second kappa shape index (κ2) is 11.0. The number of allylic oxidation sites excluding steroid dienone is 11. The summed E-state index contributed by atoms with van der Waals surface area (Å²) in [5.74, 6) is 0. The maximum absolute atomic E-state index is 4.14. The lowest BCUT2D eigenvalue weighted by Gasteiger charge is -2.28. The lowest BCUT2D eigenvalue weighted by atomic mass is 9.90. The molecule has 29 heavy (non-hydrogen) atoms. The van der Waals surface area contributed by atoms with Gasteiger partial charge in [0.15, 0.2) is 0 Å². The van der Waals surface area contributed by atoms with Gasteiger partial charge in [-0.25, -0.2) is 0 Å². The Bertz CT molecular complexity index is 677. The molecule has 3 aliphatic carbocycles. The molecule has 0 heterocycles. The fourth-order valence-electron chi connectivity index (χ4n) is 5.07. The highest BCUT2D eigenvalue weighted by molar-refractivity contribution is 5.43. The molecule has 3 aliphatic rings. The molecule has 0 saturated heterocycles. The zero-order valence-corrected chi connectivity index (χ0v) is 18.7. The molecule has 2 unspecified atom stereocenters. The first-order chi connectivity index (χ1) is 14.1. The Hall–Kier alpha value is -1.60. The van der Waals surface area contributed by atoms with Crippen molar-refractivity contribution in [1.29, 1.82) is 0 Å². The molecule has 2 saturated carbocycles. The van der Waals surface area contributed by atoms with Crippen molar-refractivity contribution < 1.29 is 0 Å². The van der Waals surface area contributed by atoms with E-state index in [4.69, 9.17) is 0 Å². The summed E-state index contributed by atoms with van der Waals surface area (Å²) in [5.41, 5.74) is 1.85. The predicted octanol–water partition coefficient (Wildman–Crippen LogP) is 7.75. The number of rotatable bonds is 3. The van der Waals surface area contributed by atoms with Crippen molar-refractivity contribution in [3.8, 4) is 0 Å². The van der Waals surface area contributed by atoms with Gasteiger partial charge in [0, 0.05) is 17.0 Å². The maximum Gasteiger partial charge on any atom is 0.0259 e. The third-order valence-electron chi connectivity index (χ3n) is 7.26. The summed E-state index contributed by atoms with van der Waals surface area (Å²) < 4.78 is 0. The molecule has 0 spiro atoms. The highest BCUT2D eigenvalue weighted by Gasteiger charge is 2.62. The van der Waals surface area contributed by atoms with Crippen molar-refractivity contribution >= 4 is 0 Å². The van der Waals surface area contributed by atoms with E-state index in [1.165, 1.54) is 76.2 Å². The molecule has 2 fully saturated rings. The Morgan fingerprint density at radius 2 is 1.14 bits per heavy atom. The Labute approximate surface area is 179 Å². The van der Waals surface area contributed by atoms with E-state index in [2.05, 4.69) is 86.0 Å². The van der Waals surface area contributed by atoms with Crippen LogP contribution in [0.2, 0.25) is 0 Å². The van der Waals surface area contributed by atoms with E-state index < -0.39 is 0 Å². The number of nitrogens with one attached hydrogen (secondary N) is 1. The van der Waals surface area contributed by atoms with Crippen LogP contribution < -0.4 is 5.32 Å². The average molecular weight is 392 g/mol. The number of hydrogen-bond donors (Lipinski definition) is 1. The molecule has 3 rings (SSSR count). The minimum Gasteiger partial charge on any atom is -0.308 e. The van der Waals surface area contributed by atoms with Crippen molar-refractivity contribution in [2.45, 2.75) is 96.1 Å². The zero-order chi connectivity index (χ0) is 20.4. The van der Waals surface area contributed by atoms with Crippen LogP contribution in [-0.2, 0) is 0 Å². The highest BCUT2D eigenvalue weighted by Crippen LogP contribution is 2.61. The van der Waals surface area contributed by atoms with Gasteiger partial charge >= 0.3 is 0 Å². The van der Waals surface area contributed by atoms with Crippen molar-refractivity contribution in [2.75, 3.05) is 0 Å². The Morgan fingerprint density at radius 3 is 1.72 bits per heavy atom. The van der Waals surface area contributed by atoms with E-state index in [0.717, 1.165) is 0 Å². The second-order valence-electron chi connectivity index (χ2n) is 9.61. The summed E-state index contributed by atoms with van der Waals surface area (Å²) in [4.78, 5) is 0. The van der Waals surface area contributed by atoms with Crippen LogP contribution >= 0.6 is 0 Å². The van der Waals surface area contributed by atoms with Crippen LogP contribution in [0.15, 0.2) is 72.4 Å². The van der Waals surface area contributed by atoms with Crippen LogP contribution in [0.25, 0.3) is 0 Å². The lowest BCUT2D eigenvalue weighted by molar-refractivity contribution is 0.340. The van der Waals surface area contributed by atoms with E-state index in [-0.39, 0.29) is 11.0 Å². The summed E-state index contributed by atoms with van der Waals surface area (Å²) >= 11 is 0. The molecule has 0 amide bonds. The number of hydrogen-bond acceptors (Lipinski definition) is 1. The normalized spacial score (nSPS) is 39.4. The van der Waals surface area contributed by atoms with Gasteiger partial charge in [0.25, 0.3) is 0 Å². The molecule has 1 N–H and O–H groups in total. The van der Waals surface area contributed by atoms with Gasteiger partial charge in [0.1, 0.15) is 0 Å². The topological polar surface area (TPSA) is 12.0 Å². The third-order valence-corrected chi connectivity index (χ3v) is 7.26. The Kier molecular flexibility index (Phi) is 8.36. The molecule has 1 nitrogen and oxygen atoms in total. The molecule has 0 aromatic carbocycles. The summed E-state index contributed by atoms with van der Waals surface area (Å²) in [6.45, 7) is 4.89. The average Bonchev–Trinajstić information content (AvgIpc) is 3.26. The molecule has 1 heteroatoms. The van der Waals surface area contributed by atoms with Crippen LogP contribution in [-0.4, -0.2) is 11.6 Å². The fourth-order valence-corrected chi connectivity index (χ4v) is 5.07. The zero-order valence-electron chi connectivity index (χ0n) is 18.7. The minimum atomic E-state index is 0.206.